The molecular weight excluding hydrogens is 260 g/mol. The van der Waals surface area contributed by atoms with Crippen molar-refractivity contribution in [3.8, 4) is 11.8 Å². The maximum absolute atomic E-state index is 12.0. The maximum Gasteiger partial charge on any atom is 0.265 e. The van der Waals surface area contributed by atoms with Gasteiger partial charge in [0.2, 0.25) is 0 Å². The Labute approximate surface area is 115 Å². The van der Waals surface area contributed by atoms with Crippen LogP contribution >= 0.6 is 11.3 Å². The third-order valence-corrected chi connectivity index (χ3v) is 3.54. The Balaban J connectivity index is 2.24. The second-order valence-corrected chi connectivity index (χ2v) is 5.18. The highest BCUT2D eigenvalue weighted by Gasteiger charge is 2.11. The molecule has 0 fully saturated rings. The summed E-state index contributed by atoms with van der Waals surface area (Å²) in [5, 5.41) is 11.6. The number of hydrogen-bond acceptors (Lipinski definition) is 4. The molecule has 0 saturated carbocycles. The van der Waals surface area contributed by atoms with Crippen LogP contribution in [-0.4, -0.2) is 13.0 Å². The van der Waals surface area contributed by atoms with Crippen LogP contribution in [0.3, 0.4) is 0 Å². The molecule has 19 heavy (non-hydrogen) atoms. The molecule has 1 amide bonds. The van der Waals surface area contributed by atoms with Gasteiger partial charge in [-0.2, -0.15) is 5.26 Å². The van der Waals surface area contributed by atoms with Gasteiger partial charge in [0.1, 0.15) is 5.75 Å². The van der Waals surface area contributed by atoms with Gasteiger partial charge >= 0.3 is 0 Å². The van der Waals surface area contributed by atoms with Crippen LogP contribution in [0.5, 0.6) is 5.75 Å². The predicted octanol–water partition coefficient (Wildman–Crippen LogP) is 3.19. The number of carbonyl (C=O) groups excluding carboxylic acids is 1. The van der Waals surface area contributed by atoms with E-state index in [1.54, 1.807) is 24.3 Å². The summed E-state index contributed by atoms with van der Waals surface area (Å²) in [7, 11) is 1.50. The van der Waals surface area contributed by atoms with Gasteiger partial charge in [-0.15, -0.1) is 11.3 Å². The molecule has 0 radical (unpaired) electrons. The number of nitriles is 1. The third-order valence-electron chi connectivity index (χ3n) is 2.54. The number of benzene rings is 1. The Morgan fingerprint density at radius 3 is 2.74 bits per heavy atom. The van der Waals surface area contributed by atoms with Crippen LogP contribution < -0.4 is 10.1 Å². The monoisotopic (exact) mass is 272 g/mol. The Hall–Kier alpha value is -2.32. The van der Waals surface area contributed by atoms with Crippen LogP contribution in [0.4, 0.5) is 5.69 Å². The fourth-order valence-electron chi connectivity index (χ4n) is 1.60. The first-order valence-corrected chi connectivity index (χ1v) is 6.41. The molecule has 1 heterocycles. The number of ether oxygens (including phenoxy) is 1. The number of thiophene rings is 1. The summed E-state index contributed by atoms with van der Waals surface area (Å²) in [6.45, 7) is 1.95. The predicted molar refractivity (Wildman–Crippen MR) is 74.7 cm³/mol. The number of methoxy groups -OCH3 is 1. The van der Waals surface area contributed by atoms with E-state index in [4.69, 9.17) is 10.00 Å². The lowest BCUT2D eigenvalue weighted by Gasteiger charge is -2.09. The van der Waals surface area contributed by atoms with Crippen LogP contribution in [0.15, 0.2) is 30.3 Å². The summed E-state index contributed by atoms with van der Waals surface area (Å²) in [6, 6.07) is 10.6. The van der Waals surface area contributed by atoms with E-state index < -0.39 is 0 Å². The largest absolute Gasteiger partial charge is 0.495 e. The van der Waals surface area contributed by atoms with E-state index in [-0.39, 0.29) is 5.91 Å². The molecule has 0 aliphatic rings. The molecule has 0 aliphatic carbocycles. The van der Waals surface area contributed by atoms with E-state index >= 15 is 0 Å². The second-order valence-electron chi connectivity index (χ2n) is 3.89. The lowest BCUT2D eigenvalue weighted by atomic mass is 10.2. The maximum atomic E-state index is 12.0. The number of nitrogens with one attached hydrogen (secondary N) is 1. The highest BCUT2D eigenvalue weighted by Crippen LogP contribution is 2.26. The number of hydrogen-bond donors (Lipinski definition) is 1. The minimum atomic E-state index is -0.180. The van der Waals surface area contributed by atoms with Crippen LogP contribution in [0.25, 0.3) is 0 Å². The minimum Gasteiger partial charge on any atom is -0.495 e. The third kappa shape index (κ3) is 2.92. The van der Waals surface area contributed by atoms with Crippen LogP contribution in [0, 0.1) is 18.3 Å². The summed E-state index contributed by atoms with van der Waals surface area (Å²) in [5.41, 5.74) is 1.04. The normalized spacial score (nSPS) is 9.74. The number of carbonyl (C=O) groups is 1. The van der Waals surface area contributed by atoms with Crippen LogP contribution in [-0.2, 0) is 0 Å². The second kappa shape index (κ2) is 5.55. The summed E-state index contributed by atoms with van der Waals surface area (Å²) < 4.78 is 5.17. The highest BCUT2D eigenvalue weighted by atomic mass is 32.1. The Morgan fingerprint density at radius 2 is 2.16 bits per heavy atom. The first-order chi connectivity index (χ1) is 9.13. The summed E-state index contributed by atoms with van der Waals surface area (Å²) in [6.07, 6.45) is 0. The molecule has 0 aliphatic heterocycles. The Kier molecular flexibility index (Phi) is 3.83. The molecule has 1 N–H and O–H groups in total. The number of rotatable bonds is 3. The van der Waals surface area contributed by atoms with E-state index in [0.717, 1.165) is 4.88 Å². The van der Waals surface area contributed by atoms with Crippen molar-refractivity contribution in [1.82, 2.24) is 0 Å². The first kappa shape index (κ1) is 13.1. The van der Waals surface area contributed by atoms with Gasteiger partial charge in [0.25, 0.3) is 5.91 Å². The quantitative estimate of drug-likeness (QED) is 0.933. The zero-order chi connectivity index (χ0) is 13.8. The fraction of sp³-hybridized carbons (Fsp3) is 0.143. The van der Waals surface area contributed by atoms with Crippen molar-refractivity contribution in [3.63, 3.8) is 0 Å². The van der Waals surface area contributed by atoms with Crippen molar-refractivity contribution in [2.45, 2.75) is 6.92 Å². The zero-order valence-corrected chi connectivity index (χ0v) is 11.4. The van der Waals surface area contributed by atoms with Crippen molar-refractivity contribution < 1.29 is 9.53 Å². The molecule has 1 aromatic carbocycles. The molecule has 4 nitrogen and oxygen atoms in total. The lowest BCUT2D eigenvalue weighted by molar-refractivity contribution is 0.103. The van der Waals surface area contributed by atoms with Gasteiger partial charge in [-0.25, -0.2) is 0 Å². The highest BCUT2D eigenvalue weighted by molar-refractivity contribution is 7.14. The van der Waals surface area contributed by atoms with Gasteiger partial charge in [-0.3, -0.25) is 4.79 Å². The summed E-state index contributed by atoms with van der Waals surface area (Å²) in [5.74, 6) is 0.293. The van der Waals surface area contributed by atoms with Gasteiger partial charge in [0, 0.05) is 10.9 Å². The number of amides is 1. The average molecular weight is 272 g/mol. The van der Waals surface area contributed by atoms with E-state index in [0.29, 0.717) is 21.9 Å². The topological polar surface area (TPSA) is 62.1 Å². The molecule has 5 heteroatoms. The van der Waals surface area contributed by atoms with Gasteiger partial charge in [0.15, 0.2) is 0 Å². The average Bonchev–Trinajstić information content (AvgIpc) is 2.86. The van der Waals surface area contributed by atoms with Crippen LogP contribution in [0.2, 0.25) is 0 Å². The Bertz CT molecular complexity index is 656. The van der Waals surface area contributed by atoms with Gasteiger partial charge in [-0.1, -0.05) is 0 Å². The zero-order valence-electron chi connectivity index (χ0n) is 10.6. The molecule has 0 unspecified atom stereocenters. The molecule has 96 valence electrons. The van der Waals surface area contributed by atoms with E-state index in [1.165, 1.54) is 18.4 Å². The molecule has 0 bridgehead atoms. The van der Waals surface area contributed by atoms with E-state index in [1.807, 2.05) is 19.1 Å². The molecule has 2 rings (SSSR count). The van der Waals surface area contributed by atoms with E-state index in [2.05, 4.69) is 5.32 Å². The molecular formula is C14H12N2O2S. The molecule has 0 spiro atoms. The number of nitrogens with zero attached hydrogens (tertiary/aromatic N) is 1. The number of aryl methyl sites for hydroxylation is 1. The van der Waals surface area contributed by atoms with Gasteiger partial charge in [-0.05, 0) is 31.2 Å². The molecule has 2 aromatic rings. The molecule has 1 aromatic heterocycles. The van der Waals surface area contributed by atoms with E-state index in [9.17, 15) is 4.79 Å². The number of anilines is 1. The molecule has 0 atom stereocenters. The van der Waals surface area contributed by atoms with Crippen molar-refractivity contribution in [2.24, 2.45) is 0 Å². The SMILES string of the molecule is COc1cc(C#N)ccc1NC(=O)c1ccc(C)s1. The molecule has 0 saturated heterocycles. The lowest BCUT2D eigenvalue weighted by Crippen LogP contribution is -2.11. The van der Waals surface area contributed by atoms with Gasteiger partial charge < -0.3 is 10.1 Å². The summed E-state index contributed by atoms with van der Waals surface area (Å²) >= 11 is 1.43. The van der Waals surface area contributed by atoms with Crippen molar-refractivity contribution >= 4 is 22.9 Å². The minimum absolute atomic E-state index is 0.180. The smallest absolute Gasteiger partial charge is 0.265 e. The van der Waals surface area contributed by atoms with Crippen molar-refractivity contribution in [2.75, 3.05) is 12.4 Å². The fourth-order valence-corrected chi connectivity index (χ4v) is 2.37. The van der Waals surface area contributed by atoms with Gasteiger partial charge in [0.05, 0.1) is 29.3 Å². The van der Waals surface area contributed by atoms with Crippen molar-refractivity contribution in [3.05, 3.63) is 45.6 Å². The standard InChI is InChI=1S/C14H12N2O2S/c1-9-3-6-13(19-9)14(17)16-11-5-4-10(8-15)7-12(11)18-2/h3-7H,1-2H3,(H,16,17). The Morgan fingerprint density at radius 1 is 1.37 bits per heavy atom. The first-order valence-electron chi connectivity index (χ1n) is 5.60. The van der Waals surface area contributed by atoms with Crippen molar-refractivity contribution in [1.29, 1.82) is 5.26 Å². The van der Waals surface area contributed by atoms with Crippen LogP contribution in [0.1, 0.15) is 20.1 Å². The summed E-state index contributed by atoms with van der Waals surface area (Å²) in [4.78, 5) is 13.8.